The summed E-state index contributed by atoms with van der Waals surface area (Å²) in [7, 11) is 1.58. The smallest absolute Gasteiger partial charge is 0.357 e. The first-order valence-electron chi connectivity index (χ1n) is 7.97. The zero-order valence-electron chi connectivity index (χ0n) is 14.4. The van der Waals surface area contributed by atoms with Gasteiger partial charge in [-0.3, -0.25) is 0 Å². The van der Waals surface area contributed by atoms with Gasteiger partial charge in [-0.05, 0) is 37.3 Å². The monoisotopic (exact) mass is 355 g/mol. The van der Waals surface area contributed by atoms with Crippen LogP contribution < -0.4 is 4.74 Å². The van der Waals surface area contributed by atoms with Crippen molar-refractivity contribution in [2.75, 3.05) is 13.7 Å². The van der Waals surface area contributed by atoms with E-state index in [4.69, 9.17) is 18.6 Å². The number of methoxy groups -OCH3 is 1. The molecule has 0 amide bonds. The third kappa shape index (κ3) is 3.66. The Morgan fingerprint density at radius 2 is 1.92 bits per heavy atom. The van der Waals surface area contributed by atoms with Gasteiger partial charge in [0.25, 0.3) is 0 Å². The molecule has 0 unspecified atom stereocenters. The summed E-state index contributed by atoms with van der Waals surface area (Å²) < 4.78 is 20.5. The topological polar surface area (TPSA) is 87.9 Å². The molecular formula is C19H17NO6. The van der Waals surface area contributed by atoms with E-state index in [0.29, 0.717) is 11.3 Å². The summed E-state index contributed by atoms with van der Waals surface area (Å²) in [5.41, 5.74) is 1.04. The highest BCUT2D eigenvalue weighted by Gasteiger charge is 2.18. The van der Waals surface area contributed by atoms with E-state index in [1.165, 1.54) is 12.3 Å². The minimum absolute atomic E-state index is 0.159. The number of benzene rings is 1. The Morgan fingerprint density at radius 3 is 2.69 bits per heavy atom. The summed E-state index contributed by atoms with van der Waals surface area (Å²) in [5.74, 6) is -0.208. The summed E-state index contributed by atoms with van der Waals surface area (Å²) in [4.78, 5) is 28.3. The average Bonchev–Trinajstić information content (AvgIpc) is 3.14. The molecule has 1 aromatic carbocycles. The second-order valence-electron chi connectivity index (χ2n) is 5.31. The summed E-state index contributed by atoms with van der Waals surface area (Å²) >= 11 is 0. The fourth-order valence-corrected chi connectivity index (χ4v) is 2.39. The van der Waals surface area contributed by atoms with Crippen molar-refractivity contribution < 1.29 is 28.2 Å². The second-order valence-corrected chi connectivity index (χ2v) is 5.31. The van der Waals surface area contributed by atoms with Crippen LogP contribution in [0.5, 0.6) is 5.75 Å². The molecular weight excluding hydrogens is 338 g/mol. The van der Waals surface area contributed by atoms with Gasteiger partial charge < -0.3 is 18.6 Å². The molecule has 7 nitrogen and oxygen atoms in total. The highest BCUT2D eigenvalue weighted by Crippen LogP contribution is 2.20. The molecule has 0 fully saturated rings. The molecule has 3 aromatic rings. The van der Waals surface area contributed by atoms with Crippen molar-refractivity contribution in [1.82, 2.24) is 4.98 Å². The number of aromatic nitrogens is 1. The maximum atomic E-state index is 12.2. The lowest BCUT2D eigenvalue weighted by molar-refractivity contribution is 0.0417. The predicted molar refractivity (Wildman–Crippen MR) is 92.1 cm³/mol. The van der Waals surface area contributed by atoms with Crippen LogP contribution in [-0.2, 0) is 16.1 Å². The van der Waals surface area contributed by atoms with Gasteiger partial charge >= 0.3 is 11.9 Å². The predicted octanol–water partition coefficient (Wildman–Crippen LogP) is 3.37. The van der Waals surface area contributed by atoms with Crippen LogP contribution in [0.25, 0.3) is 10.9 Å². The summed E-state index contributed by atoms with van der Waals surface area (Å²) in [6.45, 7) is 1.76. The first kappa shape index (κ1) is 17.5. The van der Waals surface area contributed by atoms with E-state index in [0.717, 1.165) is 5.39 Å². The van der Waals surface area contributed by atoms with Crippen molar-refractivity contribution in [3.8, 4) is 5.75 Å². The number of nitrogens with zero attached hydrogens (tertiary/aromatic N) is 1. The maximum Gasteiger partial charge on any atom is 0.357 e. The molecule has 0 saturated carbocycles. The van der Waals surface area contributed by atoms with Crippen LogP contribution in [-0.4, -0.2) is 30.6 Å². The van der Waals surface area contributed by atoms with Crippen LogP contribution in [0.3, 0.4) is 0 Å². The largest absolute Gasteiger partial charge is 0.497 e. The summed E-state index contributed by atoms with van der Waals surface area (Å²) in [6.07, 6.45) is 1.34. The molecule has 0 atom stereocenters. The van der Waals surface area contributed by atoms with Gasteiger partial charge in [-0.1, -0.05) is 6.07 Å². The van der Waals surface area contributed by atoms with Crippen molar-refractivity contribution >= 4 is 22.8 Å². The Labute approximate surface area is 149 Å². The van der Waals surface area contributed by atoms with Crippen LogP contribution in [0, 0.1) is 0 Å². The van der Waals surface area contributed by atoms with Gasteiger partial charge in [0, 0.05) is 5.39 Å². The van der Waals surface area contributed by atoms with Gasteiger partial charge in [0.1, 0.15) is 17.0 Å². The number of hydrogen-bond donors (Lipinski definition) is 0. The quantitative estimate of drug-likeness (QED) is 0.626. The van der Waals surface area contributed by atoms with Crippen LogP contribution in [0.1, 0.15) is 33.5 Å². The van der Waals surface area contributed by atoms with Crippen LogP contribution in [0.15, 0.2) is 47.1 Å². The number of rotatable bonds is 6. The number of carbonyl (C=O) groups is 2. The van der Waals surface area contributed by atoms with E-state index in [-0.39, 0.29) is 30.2 Å². The molecule has 0 radical (unpaired) electrons. The number of ether oxygens (including phenoxy) is 3. The van der Waals surface area contributed by atoms with Crippen molar-refractivity contribution in [3.05, 3.63) is 59.7 Å². The van der Waals surface area contributed by atoms with E-state index < -0.39 is 11.9 Å². The highest BCUT2D eigenvalue weighted by atomic mass is 16.5. The maximum absolute atomic E-state index is 12.2. The van der Waals surface area contributed by atoms with Crippen molar-refractivity contribution in [2.24, 2.45) is 0 Å². The van der Waals surface area contributed by atoms with Crippen molar-refractivity contribution in [1.29, 1.82) is 0 Å². The van der Waals surface area contributed by atoms with Gasteiger partial charge in [0.15, 0.2) is 12.4 Å². The summed E-state index contributed by atoms with van der Waals surface area (Å²) in [5, 5.41) is 0.844. The van der Waals surface area contributed by atoms with E-state index in [1.54, 1.807) is 38.3 Å². The van der Waals surface area contributed by atoms with Gasteiger partial charge in [-0.25, -0.2) is 14.6 Å². The van der Waals surface area contributed by atoms with E-state index >= 15 is 0 Å². The Balaban J connectivity index is 1.72. The summed E-state index contributed by atoms with van der Waals surface area (Å²) in [6, 6.07) is 10.2. The third-order valence-electron chi connectivity index (χ3n) is 3.68. The Bertz CT molecular complexity index is 946. The zero-order valence-corrected chi connectivity index (χ0v) is 14.4. The molecule has 0 aliphatic rings. The van der Waals surface area contributed by atoms with E-state index in [1.807, 2.05) is 6.07 Å². The Kier molecular flexibility index (Phi) is 5.17. The van der Waals surface area contributed by atoms with Crippen LogP contribution in [0.4, 0.5) is 0 Å². The third-order valence-corrected chi connectivity index (χ3v) is 3.68. The first-order chi connectivity index (χ1) is 12.6. The Hall–Kier alpha value is -3.35. The minimum atomic E-state index is -0.617. The number of esters is 2. The van der Waals surface area contributed by atoms with Crippen LogP contribution >= 0.6 is 0 Å². The van der Waals surface area contributed by atoms with Crippen LogP contribution in [0.2, 0.25) is 0 Å². The number of carbonyl (C=O) groups excluding carboxylic acids is 2. The SMILES string of the molecule is CCOC(=O)c1ccoc1COC(=O)c1ccc2cc(OC)ccc2n1. The zero-order chi connectivity index (χ0) is 18.5. The van der Waals surface area contributed by atoms with Gasteiger partial charge in [-0.2, -0.15) is 0 Å². The van der Waals surface area contributed by atoms with Gasteiger partial charge in [0.05, 0.1) is 25.5 Å². The lowest BCUT2D eigenvalue weighted by Gasteiger charge is -2.06. The number of fused-ring (bicyclic) bond motifs is 1. The normalized spacial score (nSPS) is 10.5. The molecule has 0 bridgehead atoms. The second kappa shape index (κ2) is 7.69. The standard InChI is InChI=1S/C19H17NO6/c1-3-24-18(21)14-8-9-25-17(14)11-26-19(22)16-6-4-12-10-13(23-2)5-7-15(12)20-16/h4-10H,3,11H2,1-2H3. The fraction of sp³-hybridized carbons (Fsp3) is 0.211. The molecule has 2 aromatic heterocycles. The number of furan rings is 1. The molecule has 0 N–H and O–H groups in total. The molecule has 0 aliphatic heterocycles. The van der Waals surface area contributed by atoms with E-state index in [9.17, 15) is 9.59 Å². The molecule has 7 heteroatoms. The first-order valence-corrected chi connectivity index (χ1v) is 7.97. The molecule has 3 rings (SSSR count). The molecule has 0 aliphatic carbocycles. The molecule has 134 valence electrons. The average molecular weight is 355 g/mol. The Morgan fingerprint density at radius 1 is 1.08 bits per heavy atom. The fourth-order valence-electron chi connectivity index (χ4n) is 2.39. The molecule has 2 heterocycles. The van der Waals surface area contributed by atoms with Gasteiger partial charge in [0.2, 0.25) is 0 Å². The lowest BCUT2D eigenvalue weighted by atomic mass is 10.2. The lowest BCUT2D eigenvalue weighted by Crippen LogP contribution is -2.10. The highest BCUT2D eigenvalue weighted by molar-refractivity contribution is 5.92. The van der Waals surface area contributed by atoms with Crippen molar-refractivity contribution in [3.63, 3.8) is 0 Å². The molecule has 0 spiro atoms. The minimum Gasteiger partial charge on any atom is -0.497 e. The molecule has 26 heavy (non-hydrogen) atoms. The van der Waals surface area contributed by atoms with E-state index in [2.05, 4.69) is 4.98 Å². The molecule has 0 saturated heterocycles. The number of hydrogen-bond acceptors (Lipinski definition) is 7. The van der Waals surface area contributed by atoms with Crippen molar-refractivity contribution in [2.45, 2.75) is 13.5 Å². The number of pyridine rings is 1. The van der Waals surface area contributed by atoms with Gasteiger partial charge in [-0.15, -0.1) is 0 Å².